The number of benzene rings is 1. The van der Waals surface area contributed by atoms with Gasteiger partial charge in [-0.25, -0.2) is 0 Å². The van der Waals surface area contributed by atoms with E-state index in [4.69, 9.17) is 0 Å². The summed E-state index contributed by atoms with van der Waals surface area (Å²) in [5.41, 5.74) is 0. The van der Waals surface area contributed by atoms with Crippen LogP contribution in [-0.4, -0.2) is 24.4 Å². The van der Waals surface area contributed by atoms with Crippen molar-refractivity contribution in [2.75, 3.05) is 13.6 Å². The van der Waals surface area contributed by atoms with Gasteiger partial charge in [-0.05, 0) is 6.42 Å². The lowest BCUT2D eigenvalue weighted by Gasteiger charge is -2.03. The third kappa shape index (κ3) is 6.72. The molecule has 0 unspecified atom stereocenters. The fourth-order valence-electron chi connectivity index (χ4n) is 1.17. The Labute approximate surface area is 92.9 Å². The van der Waals surface area contributed by atoms with Crippen molar-refractivity contribution in [2.45, 2.75) is 26.7 Å². The van der Waals surface area contributed by atoms with E-state index < -0.39 is 0 Å². The summed E-state index contributed by atoms with van der Waals surface area (Å²) in [6, 6.07) is 12.0. The third-order valence-electron chi connectivity index (χ3n) is 1.98. The topological polar surface area (TPSA) is 20.3 Å². The second kappa shape index (κ2) is 9.25. The van der Waals surface area contributed by atoms with Crippen molar-refractivity contribution in [1.29, 1.82) is 0 Å². The first-order valence-electron chi connectivity index (χ1n) is 5.54. The smallest absolute Gasteiger partial charge is 0.222 e. The van der Waals surface area contributed by atoms with E-state index in [0.29, 0.717) is 5.91 Å². The number of hydrogen-bond acceptors (Lipinski definition) is 1. The Kier molecular flexibility index (Phi) is 8.44. The molecule has 1 saturated heterocycles. The molecule has 15 heavy (non-hydrogen) atoms. The molecule has 1 heterocycles. The lowest BCUT2D eigenvalue weighted by molar-refractivity contribution is -0.126. The van der Waals surface area contributed by atoms with Crippen LogP contribution in [-0.2, 0) is 4.79 Å². The molecule has 0 aromatic heterocycles. The summed E-state index contributed by atoms with van der Waals surface area (Å²) in [6.45, 7) is 4.96. The van der Waals surface area contributed by atoms with Crippen LogP contribution in [0.25, 0.3) is 0 Å². The van der Waals surface area contributed by atoms with Crippen LogP contribution in [0.3, 0.4) is 0 Å². The summed E-state index contributed by atoms with van der Waals surface area (Å²) in [5, 5.41) is 0. The molecular weight excluding hydrogens is 186 g/mol. The van der Waals surface area contributed by atoms with Crippen LogP contribution in [0.5, 0.6) is 0 Å². The molecule has 0 saturated carbocycles. The van der Waals surface area contributed by atoms with Gasteiger partial charge < -0.3 is 4.90 Å². The summed E-state index contributed by atoms with van der Waals surface area (Å²) < 4.78 is 0. The third-order valence-corrected chi connectivity index (χ3v) is 1.98. The van der Waals surface area contributed by atoms with E-state index in [2.05, 4.69) is 0 Å². The monoisotopic (exact) mass is 207 g/mol. The Morgan fingerprint density at radius 1 is 1.00 bits per heavy atom. The number of likely N-dealkylation sites (tertiary alicyclic amines) is 1. The quantitative estimate of drug-likeness (QED) is 0.640. The van der Waals surface area contributed by atoms with E-state index in [0.717, 1.165) is 19.4 Å². The standard InChI is InChI=1S/C6H6.C5H9NO.C2H6/c1-2-4-6-5-3-1;1-6-4-2-3-5(6)7;1-2/h1-6H;2-4H2,1H3;1-2H3. The van der Waals surface area contributed by atoms with Gasteiger partial charge in [-0.1, -0.05) is 50.2 Å². The molecule has 84 valence electrons. The van der Waals surface area contributed by atoms with E-state index >= 15 is 0 Å². The second-order valence-corrected chi connectivity index (χ2v) is 3.07. The number of nitrogens with zero attached hydrogens (tertiary/aromatic N) is 1. The van der Waals surface area contributed by atoms with Gasteiger partial charge in [-0.15, -0.1) is 0 Å². The molecule has 1 amide bonds. The zero-order valence-electron chi connectivity index (χ0n) is 9.94. The van der Waals surface area contributed by atoms with Gasteiger partial charge >= 0.3 is 0 Å². The Balaban J connectivity index is 0.000000227. The Morgan fingerprint density at radius 3 is 1.53 bits per heavy atom. The molecule has 0 bridgehead atoms. The number of carbonyl (C=O) groups is 1. The molecular formula is C13H21NO. The van der Waals surface area contributed by atoms with Crippen molar-refractivity contribution in [3.63, 3.8) is 0 Å². The molecule has 1 aromatic rings. The van der Waals surface area contributed by atoms with Gasteiger partial charge in [0.05, 0.1) is 0 Å². The molecule has 1 aliphatic heterocycles. The van der Waals surface area contributed by atoms with E-state index in [1.165, 1.54) is 0 Å². The highest BCUT2D eigenvalue weighted by Gasteiger charge is 2.14. The first-order chi connectivity index (χ1) is 7.30. The SMILES string of the molecule is CC.CN1CCCC1=O.c1ccccc1. The zero-order valence-corrected chi connectivity index (χ0v) is 9.94. The van der Waals surface area contributed by atoms with Crippen molar-refractivity contribution in [3.05, 3.63) is 36.4 Å². The van der Waals surface area contributed by atoms with E-state index in [-0.39, 0.29) is 0 Å². The molecule has 2 nitrogen and oxygen atoms in total. The van der Waals surface area contributed by atoms with Gasteiger partial charge in [0.25, 0.3) is 0 Å². The van der Waals surface area contributed by atoms with Crippen LogP contribution in [0.4, 0.5) is 0 Å². The van der Waals surface area contributed by atoms with Crippen LogP contribution in [0, 0.1) is 0 Å². The number of carbonyl (C=O) groups excluding carboxylic acids is 1. The lowest BCUT2D eigenvalue weighted by atomic mass is 10.4. The van der Waals surface area contributed by atoms with E-state index in [1.54, 1.807) is 4.90 Å². The van der Waals surface area contributed by atoms with Gasteiger partial charge in [-0.2, -0.15) is 0 Å². The molecule has 1 aromatic carbocycles. The molecule has 0 radical (unpaired) electrons. The molecule has 0 atom stereocenters. The van der Waals surface area contributed by atoms with Crippen molar-refractivity contribution in [3.8, 4) is 0 Å². The summed E-state index contributed by atoms with van der Waals surface area (Å²) >= 11 is 0. The molecule has 0 spiro atoms. The average Bonchev–Trinajstić information content (AvgIpc) is 2.69. The Bertz CT molecular complexity index is 219. The zero-order chi connectivity index (χ0) is 11.5. The minimum absolute atomic E-state index is 0.292. The van der Waals surface area contributed by atoms with E-state index in [1.807, 2.05) is 57.3 Å². The maximum atomic E-state index is 10.5. The molecule has 2 rings (SSSR count). The van der Waals surface area contributed by atoms with Gasteiger partial charge in [0.15, 0.2) is 0 Å². The van der Waals surface area contributed by atoms with Crippen LogP contribution in [0.2, 0.25) is 0 Å². The van der Waals surface area contributed by atoms with E-state index in [9.17, 15) is 4.79 Å². The van der Waals surface area contributed by atoms with Crippen molar-refractivity contribution in [2.24, 2.45) is 0 Å². The van der Waals surface area contributed by atoms with Crippen LogP contribution < -0.4 is 0 Å². The molecule has 1 fully saturated rings. The Hall–Kier alpha value is -1.31. The predicted molar refractivity (Wildman–Crippen MR) is 64.7 cm³/mol. The normalized spacial score (nSPS) is 13.5. The minimum Gasteiger partial charge on any atom is -0.346 e. The number of amides is 1. The summed E-state index contributed by atoms with van der Waals surface area (Å²) in [7, 11) is 1.84. The number of hydrogen-bond donors (Lipinski definition) is 0. The van der Waals surface area contributed by atoms with Crippen LogP contribution in [0.15, 0.2) is 36.4 Å². The average molecular weight is 207 g/mol. The minimum atomic E-state index is 0.292. The predicted octanol–water partition coefficient (Wildman–Crippen LogP) is 2.95. The molecule has 0 aliphatic carbocycles. The lowest BCUT2D eigenvalue weighted by Crippen LogP contribution is -2.17. The largest absolute Gasteiger partial charge is 0.346 e. The maximum absolute atomic E-state index is 10.5. The second-order valence-electron chi connectivity index (χ2n) is 3.07. The Morgan fingerprint density at radius 2 is 1.40 bits per heavy atom. The fraction of sp³-hybridized carbons (Fsp3) is 0.462. The summed E-state index contributed by atoms with van der Waals surface area (Å²) in [6.07, 6.45) is 1.81. The maximum Gasteiger partial charge on any atom is 0.222 e. The van der Waals surface area contributed by atoms with Gasteiger partial charge in [-0.3, -0.25) is 4.79 Å². The first kappa shape index (κ1) is 13.7. The van der Waals surface area contributed by atoms with Crippen LogP contribution in [0.1, 0.15) is 26.7 Å². The first-order valence-corrected chi connectivity index (χ1v) is 5.54. The summed E-state index contributed by atoms with van der Waals surface area (Å²) in [5.74, 6) is 0.292. The van der Waals surface area contributed by atoms with Crippen molar-refractivity contribution < 1.29 is 4.79 Å². The fourth-order valence-corrected chi connectivity index (χ4v) is 1.17. The van der Waals surface area contributed by atoms with Gasteiger partial charge in [0.2, 0.25) is 5.91 Å². The van der Waals surface area contributed by atoms with Crippen LogP contribution >= 0.6 is 0 Å². The highest BCUT2D eigenvalue weighted by molar-refractivity contribution is 5.77. The van der Waals surface area contributed by atoms with Gasteiger partial charge in [0, 0.05) is 20.0 Å². The highest BCUT2D eigenvalue weighted by Crippen LogP contribution is 2.04. The molecule has 1 aliphatic rings. The summed E-state index contributed by atoms with van der Waals surface area (Å²) in [4.78, 5) is 12.3. The number of rotatable bonds is 0. The van der Waals surface area contributed by atoms with Crippen molar-refractivity contribution in [1.82, 2.24) is 4.90 Å². The molecule has 2 heteroatoms. The van der Waals surface area contributed by atoms with Crippen molar-refractivity contribution >= 4 is 5.91 Å². The highest BCUT2D eigenvalue weighted by atomic mass is 16.2. The molecule has 0 N–H and O–H groups in total. The van der Waals surface area contributed by atoms with Gasteiger partial charge in [0.1, 0.15) is 0 Å².